The maximum absolute atomic E-state index is 5.72. The van der Waals surface area contributed by atoms with Crippen LogP contribution in [0.25, 0.3) is 0 Å². The summed E-state index contributed by atoms with van der Waals surface area (Å²) >= 11 is 0. The Balaban J connectivity index is 1.56. The molecule has 0 radical (unpaired) electrons. The molecule has 2 N–H and O–H groups in total. The molecule has 0 amide bonds. The molecule has 1 aliphatic carbocycles. The van der Waals surface area contributed by atoms with Gasteiger partial charge in [-0.25, -0.2) is 0 Å². The normalized spacial score (nSPS) is 19.0. The van der Waals surface area contributed by atoms with Crippen LogP contribution in [-0.2, 0) is 14.9 Å². The third-order valence-electron chi connectivity index (χ3n) is 5.84. The van der Waals surface area contributed by atoms with Crippen molar-refractivity contribution >= 4 is 5.96 Å². The van der Waals surface area contributed by atoms with Gasteiger partial charge in [-0.3, -0.25) is 4.99 Å². The van der Waals surface area contributed by atoms with Gasteiger partial charge in [0.2, 0.25) is 0 Å². The van der Waals surface area contributed by atoms with Crippen LogP contribution < -0.4 is 15.4 Å². The molecule has 0 unspecified atom stereocenters. The molecule has 1 aromatic carbocycles. The zero-order valence-electron chi connectivity index (χ0n) is 18.0. The number of guanidine groups is 1. The third-order valence-corrected chi connectivity index (χ3v) is 5.84. The number of methoxy groups -OCH3 is 1. The van der Waals surface area contributed by atoms with Crippen LogP contribution in [0.4, 0.5) is 0 Å². The van der Waals surface area contributed by atoms with Gasteiger partial charge in [0.1, 0.15) is 5.75 Å². The molecule has 1 saturated heterocycles. The highest BCUT2D eigenvalue weighted by Gasteiger charge is 2.34. The minimum atomic E-state index is 0.0141. The van der Waals surface area contributed by atoms with Crippen molar-refractivity contribution in [3.63, 3.8) is 0 Å². The Labute approximate surface area is 175 Å². The first-order valence-corrected chi connectivity index (χ1v) is 11.1. The van der Waals surface area contributed by atoms with Gasteiger partial charge >= 0.3 is 0 Å². The SMILES string of the molecule is CCNC(=NCC1(c2ccc(OC)cc2)CCOCC1)NCCCOCC1CC1. The highest BCUT2D eigenvalue weighted by atomic mass is 16.5. The van der Waals surface area contributed by atoms with Crippen LogP contribution in [0.5, 0.6) is 5.75 Å². The van der Waals surface area contributed by atoms with Gasteiger partial charge in [-0.1, -0.05) is 12.1 Å². The molecule has 162 valence electrons. The van der Waals surface area contributed by atoms with Crippen molar-refractivity contribution in [2.45, 2.75) is 44.4 Å². The number of aliphatic imine (C=N–C) groups is 1. The molecule has 0 bridgehead atoms. The first-order valence-electron chi connectivity index (χ1n) is 11.1. The summed E-state index contributed by atoms with van der Waals surface area (Å²) in [5, 5.41) is 6.83. The Kier molecular flexibility index (Phi) is 8.62. The number of hydrogen-bond donors (Lipinski definition) is 2. The molecule has 6 nitrogen and oxygen atoms in total. The van der Waals surface area contributed by atoms with E-state index in [0.717, 1.165) is 83.0 Å². The Bertz CT molecular complexity index is 623. The molecular weight excluding hydrogens is 366 g/mol. The van der Waals surface area contributed by atoms with Crippen molar-refractivity contribution in [3.05, 3.63) is 29.8 Å². The molecule has 1 heterocycles. The van der Waals surface area contributed by atoms with Crippen molar-refractivity contribution in [3.8, 4) is 5.75 Å². The average Bonchev–Trinajstić information content (AvgIpc) is 3.59. The zero-order valence-corrected chi connectivity index (χ0v) is 18.0. The largest absolute Gasteiger partial charge is 0.497 e. The summed E-state index contributed by atoms with van der Waals surface area (Å²) in [6.45, 7) is 7.88. The first-order chi connectivity index (χ1) is 14.3. The molecule has 2 aliphatic rings. The van der Waals surface area contributed by atoms with Gasteiger partial charge in [-0.05, 0) is 62.6 Å². The van der Waals surface area contributed by atoms with E-state index < -0.39 is 0 Å². The van der Waals surface area contributed by atoms with Crippen LogP contribution in [0.2, 0.25) is 0 Å². The minimum absolute atomic E-state index is 0.0141. The fourth-order valence-corrected chi connectivity index (χ4v) is 3.73. The van der Waals surface area contributed by atoms with Gasteiger partial charge in [0.15, 0.2) is 5.96 Å². The number of rotatable bonds is 11. The van der Waals surface area contributed by atoms with Gasteiger partial charge in [-0.2, -0.15) is 0 Å². The number of nitrogens with one attached hydrogen (secondary N) is 2. The van der Waals surface area contributed by atoms with Gasteiger partial charge < -0.3 is 24.8 Å². The second-order valence-corrected chi connectivity index (χ2v) is 8.11. The summed E-state index contributed by atoms with van der Waals surface area (Å²) in [6.07, 6.45) is 5.65. The second-order valence-electron chi connectivity index (χ2n) is 8.11. The molecule has 1 aromatic rings. The molecular formula is C23H37N3O3. The first kappa shape index (κ1) is 21.9. The average molecular weight is 404 g/mol. The topological polar surface area (TPSA) is 64.1 Å². The molecule has 1 aliphatic heterocycles. The number of nitrogens with zero attached hydrogens (tertiary/aromatic N) is 1. The lowest BCUT2D eigenvalue weighted by atomic mass is 9.74. The van der Waals surface area contributed by atoms with E-state index in [1.54, 1.807) is 7.11 Å². The molecule has 0 aromatic heterocycles. The van der Waals surface area contributed by atoms with Crippen LogP contribution in [-0.4, -0.2) is 59.1 Å². The fraction of sp³-hybridized carbons (Fsp3) is 0.696. The smallest absolute Gasteiger partial charge is 0.191 e. The molecule has 29 heavy (non-hydrogen) atoms. The Morgan fingerprint density at radius 2 is 1.93 bits per heavy atom. The Morgan fingerprint density at radius 1 is 1.17 bits per heavy atom. The van der Waals surface area contributed by atoms with E-state index in [9.17, 15) is 0 Å². The van der Waals surface area contributed by atoms with Crippen LogP contribution in [0, 0.1) is 5.92 Å². The maximum atomic E-state index is 5.72. The highest BCUT2D eigenvalue weighted by molar-refractivity contribution is 5.79. The van der Waals surface area contributed by atoms with Gasteiger partial charge in [0, 0.05) is 44.9 Å². The monoisotopic (exact) mass is 403 g/mol. The van der Waals surface area contributed by atoms with Crippen molar-refractivity contribution in [2.24, 2.45) is 10.9 Å². The van der Waals surface area contributed by atoms with E-state index in [1.807, 2.05) is 12.1 Å². The van der Waals surface area contributed by atoms with Gasteiger partial charge in [0.25, 0.3) is 0 Å². The third kappa shape index (κ3) is 6.89. The molecule has 3 rings (SSSR count). The fourth-order valence-electron chi connectivity index (χ4n) is 3.73. The summed E-state index contributed by atoms with van der Waals surface area (Å²) in [5.74, 6) is 2.60. The van der Waals surface area contributed by atoms with Crippen molar-refractivity contribution < 1.29 is 14.2 Å². The van der Waals surface area contributed by atoms with Gasteiger partial charge in [0.05, 0.1) is 13.7 Å². The summed E-state index contributed by atoms with van der Waals surface area (Å²) in [7, 11) is 1.70. The molecule has 6 heteroatoms. The molecule has 0 atom stereocenters. The molecule has 2 fully saturated rings. The van der Waals surface area contributed by atoms with Crippen molar-refractivity contribution in [1.82, 2.24) is 10.6 Å². The quantitative estimate of drug-likeness (QED) is 0.338. The Morgan fingerprint density at radius 3 is 2.59 bits per heavy atom. The highest BCUT2D eigenvalue weighted by Crippen LogP contribution is 2.36. The van der Waals surface area contributed by atoms with E-state index >= 15 is 0 Å². The standard InChI is InChI=1S/C23H37N3O3/c1-3-24-22(25-13-4-14-29-17-19-5-6-19)26-18-23(11-15-28-16-12-23)20-7-9-21(27-2)10-8-20/h7-10,19H,3-6,11-18H2,1-2H3,(H2,24,25,26). The lowest BCUT2D eigenvalue weighted by Crippen LogP contribution is -2.41. The summed E-state index contributed by atoms with van der Waals surface area (Å²) in [4.78, 5) is 4.95. The van der Waals surface area contributed by atoms with Crippen LogP contribution in [0.1, 0.15) is 44.6 Å². The number of benzene rings is 1. The van der Waals surface area contributed by atoms with E-state index in [-0.39, 0.29) is 5.41 Å². The lowest BCUT2D eigenvalue weighted by molar-refractivity contribution is 0.0531. The van der Waals surface area contributed by atoms with Gasteiger partial charge in [-0.15, -0.1) is 0 Å². The number of ether oxygens (including phenoxy) is 3. The van der Waals surface area contributed by atoms with E-state index in [1.165, 1.54) is 18.4 Å². The zero-order chi connectivity index (χ0) is 20.4. The van der Waals surface area contributed by atoms with E-state index in [0.29, 0.717) is 0 Å². The molecule has 0 spiro atoms. The minimum Gasteiger partial charge on any atom is -0.497 e. The van der Waals surface area contributed by atoms with Crippen molar-refractivity contribution in [2.75, 3.05) is 53.2 Å². The predicted molar refractivity (Wildman–Crippen MR) is 117 cm³/mol. The summed E-state index contributed by atoms with van der Waals surface area (Å²) in [5.41, 5.74) is 1.33. The summed E-state index contributed by atoms with van der Waals surface area (Å²) in [6, 6.07) is 8.44. The van der Waals surface area contributed by atoms with Crippen LogP contribution in [0.15, 0.2) is 29.3 Å². The molecule has 1 saturated carbocycles. The Hall–Kier alpha value is -1.79. The number of hydrogen-bond acceptors (Lipinski definition) is 4. The second kappa shape index (κ2) is 11.4. The van der Waals surface area contributed by atoms with E-state index in [4.69, 9.17) is 19.2 Å². The lowest BCUT2D eigenvalue weighted by Gasteiger charge is -2.36. The van der Waals surface area contributed by atoms with Crippen molar-refractivity contribution in [1.29, 1.82) is 0 Å². The maximum Gasteiger partial charge on any atom is 0.191 e. The predicted octanol–water partition coefficient (Wildman–Crippen LogP) is 3.12. The summed E-state index contributed by atoms with van der Waals surface area (Å²) < 4.78 is 16.7. The van der Waals surface area contributed by atoms with E-state index in [2.05, 4.69) is 29.7 Å². The van der Waals surface area contributed by atoms with Crippen LogP contribution >= 0.6 is 0 Å². The van der Waals surface area contributed by atoms with Crippen LogP contribution in [0.3, 0.4) is 0 Å².